The van der Waals surface area contributed by atoms with Crippen LogP contribution in [0.25, 0.3) is 0 Å². The van der Waals surface area contributed by atoms with Gasteiger partial charge in [0.2, 0.25) is 0 Å². The van der Waals surface area contributed by atoms with Crippen LogP contribution in [0, 0.1) is 0 Å². The Balaban J connectivity index is -0.00000120. The van der Waals surface area contributed by atoms with Gasteiger partial charge < -0.3 is 19.8 Å². The second-order valence-corrected chi connectivity index (χ2v) is 20.8. The Morgan fingerprint density at radius 2 is 0.418 bits per heavy atom. The zero-order valence-electron chi connectivity index (χ0n) is 46.7. The molecular weight excluding hydrogens is 853 g/mol. The smallest absolute Gasteiger partial charge is 0.548 e. The number of hydrogen-bond acceptors (Lipinski definition) is 6. The summed E-state index contributed by atoms with van der Waals surface area (Å²) >= 11 is 0. The zero-order chi connectivity index (χ0) is 48.8. The summed E-state index contributed by atoms with van der Waals surface area (Å²) in [6.45, 7) is 17.1. The van der Waals surface area contributed by atoms with E-state index in [1.54, 1.807) is 0 Å². The van der Waals surface area contributed by atoms with Crippen LogP contribution in [0.1, 0.15) is 337 Å². The third kappa shape index (κ3) is 52.3. The van der Waals surface area contributed by atoms with Gasteiger partial charge in [0.05, 0.1) is 11.9 Å². The molecular formula is C60H120CaN2O4. The first kappa shape index (κ1) is 71.4. The van der Waals surface area contributed by atoms with Gasteiger partial charge in [-0.1, -0.05) is 298 Å². The molecule has 0 radical (unpaired) electrons. The monoisotopic (exact) mass is 973 g/mol. The van der Waals surface area contributed by atoms with E-state index in [-0.39, 0.29) is 49.8 Å². The van der Waals surface area contributed by atoms with E-state index >= 15 is 0 Å². The molecule has 0 aromatic rings. The minimum Gasteiger partial charge on any atom is -0.548 e. The molecule has 0 fully saturated rings. The number of carboxylic acids is 2. The third-order valence-corrected chi connectivity index (χ3v) is 14.3. The average Bonchev–Trinajstić information content (AvgIpc) is 3.31. The quantitative estimate of drug-likeness (QED) is 0.0446. The molecule has 7 heteroatoms. The summed E-state index contributed by atoms with van der Waals surface area (Å²) in [5.74, 6) is -1.72. The Morgan fingerprint density at radius 1 is 0.269 bits per heavy atom. The molecule has 0 N–H and O–H groups in total. The summed E-state index contributed by atoms with van der Waals surface area (Å²) in [7, 11) is 0. The maximum absolute atomic E-state index is 11.9. The summed E-state index contributed by atoms with van der Waals surface area (Å²) in [4.78, 5) is 28.2. The Hall–Kier alpha value is 0.120. The zero-order valence-corrected chi connectivity index (χ0v) is 49.0. The van der Waals surface area contributed by atoms with Crippen molar-refractivity contribution in [2.75, 3.05) is 26.2 Å². The third-order valence-electron chi connectivity index (χ3n) is 14.3. The number of hydrogen-bond donors (Lipinski definition) is 0. The largest absolute Gasteiger partial charge is 2.00 e. The summed E-state index contributed by atoms with van der Waals surface area (Å²) in [5.41, 5.74) is 0. The van der Waals surface area contributed by atoms with Crippen molar-refractivity contribution in [2.24, 2.45) is 0 Å². The van der Waals surface area contributed by atoms with E-state index < -0.39 is 11.9 Å². The van der Waals surface area contributed by atoms with E-state index in [4.69, 9.17) is 0 Å². The molecule has 0 aliphatic rings. The molecule has 0 aromatic carbocycles. The topological polar surface area (TPSA) is 86.7 Å². The second kappa shape index (κ2) is 60.4. The fourth-order valence-corrected chi connectivity index (χ4v) is 9.75. The van der Waals surface area contributed by atoms with Gasteiger partial charge in [0.1, 0.15) is 0 Å². The molecule has 2 unspecified atom stereocenters. The van der Waals surface area contributed by atoms with E-state index in [0.717, 1.165) is 90.4 Å². The normalized spacial score (nSPS) is 12.3. The van der Waals surface area contributed by atoms with Crippen molar-refractivity contribution in [3.05, 3.63) is 0 Å². The van der Waals surface area contributed by atoms with Crippen molar-refractivity contribution in [1.29, 1.82) is 0 Å². The average molecular weight is 974 g/mol. The Kier molecular flexibility index (Phi) is 64.4. The van der Waals surface area contributed by atoms with Gasteiger partial charge in [0, 0.05) is 12.1 Å². The van der Waals surface area contributed by atoms with Gasteiger partial charge in [-0.15, -0.1) is 0 Å². The summed E-state index contributed by atoms with van der Waals surface area (Å²) in [6.07, 6.45) is 58.5. The maximum atomic E-state index is 11.9. The molecule has 0 spiro atoms. The summed E-state index contributed by atoms with van der Waals surface area (Å²) in [5, 5.41) is 23.7. The van der Waals surface area contributed by atoms with E-state index in [1.807, 2.05) is 0 Å². The standard InChI is InChI=1S/2C30H61NO2.Ca/c2*1-4-7-10-12-14-16-18-20-22-24-27-31(29(30(32)33)26-9-6-3)28-25-23-21-19-17-15-13-11-8-5-2;/h2*29H,4-28H2,1-3H3,(H,32,33);/q;;+2/p-2. The van der Waals surface area contributed by atoms with Crippen molar-refractivity contribution in [1.82, 2.24) is 9.80 Å². The van der Waals surface area contributed by atoms with Crippen LogP contribution in [0.2, 0.25) is 0 Å². The molecule has 0 saturated heterocycles. The predicted octanol–water partition coefficient (Wildman–Crippen LogP) is 16.5. The van der Waals surface area contributed by atoms with Crippen molar-refractivity contribution in [2.45, 2.75) is 349 Å². The van der Waals surface area contributed by atoms with Crippen molar-refractivity contribution >= 4 is 49.7 Å². The molecule has 6 nitrogen and oxygen atoms in total. The Morgan fingerprint density at radius 3 is 0.567 bits per heavy atom. The number of unbranched alkanes of at least 4 members (excludes halogenated alkanes) is 38. The predicted molar refractivity (Wildman–Crippen MR) is 293 cm³/mol. The number of carbonyl (C=O) groups excluding carboxylic acids is 2. The summed E-state index contributed by atoms with van der Waals surface area (Å²) < 4.78 is 0. The first-order valence-corrected chi connectivity index (χ1v) is 30.2. The van der Waals surface area contributed by atoms with E-state index in [2.05, 4.69) is 51.3 Å². The molecule has 0 aromatic heterocycles. The minimum absolute atomic E-state index is 0. The molecule has 0 rings (SSSR count). The number of nitrogens with zero attached hydrogens (tertiary/aromatic N) is 2. The number of carboxylic acid groups (broad SMARTS) is 2. The molecule has 0 amide bonds. The summed E-state index contributed by atoms with van der Waals surface area (Å²) in [6, 6.07) is -0.774. The molecule has 396 valence electrons. The second-order valence-electron chi connectivity index (χ2n) is 20.8. The van der Waals surface area contributed by atoms with Crippen LogP contribution in [0.4, 0.5) is 0 Å². The van der Waals surface area contributed by atoms with Crippen LogP contribution < -0.4 is 10.2 Å². The molecule has 0 heterocycles. The molecule has 0 aliphatic carbocycles. The van der Waals surface area contributed by atoms with Gasteiger partial charge in [-0.3, -0.25) is 9.80 Å². The number of aliphatic carboxylic acids is 2. The number of rotatable bonds is 54. The van der Waals surface area contributed by atoms with Crippen LogP contribution in [-0.2, 0) is 9.59 Å². The van der Waals surface area contributed by atoms with Crippen molar-refractivity contribution in [3.8, 4) is 0 Å². The van der Waals surface area contributed by atoms with Gasteiger partial charge in [-0.25, -0.2) is 0 Å². The first-order valence-electron chi connectivity index (χ1n) is 30.2. The minimum atomic E-state index is -0.859. The Bertz CT molecular complexity index is 831. The maximum Gasteiger partial charge on any atom is 2.00 e. The van der Waals surface area contributed by atoms with Crippen molar-refractivity contribution in [3.63, 3.8) is 0 Å². The van der Waals surface area contributed by atoms with Crippen LogP contribution in [0.3, 0.4) is 0 Å². The van der Waals surface area contributed by atoms with Gasteiger partial charge in [0.15, 0.2) is 0 Å². The molecule has 67 heavy (non-hydrogen) atoms. The van der Waals surface area contributed by atoms with Gasteiger partial charge in [-0.2, -0.15) is 0 Å². The van der Waals surface area contributed by atoms with Crippen LogP contribution in [-0.4, -0.2) is 97.7 Å². The van der Waals surface area contributed by atoms with E-state index in [0.29, 0.717) is 0 Å². The van der Waals surface area contributed by atoms with Crippen molar-refractivity contribution < 1.29 is 19.8 Å². The van der Waals surface area contributed by atoms with Gasteiger partial charge in [0.25, 0.3) is 0 Å². The fourth-order valence-electron chi connectivity index (χ4n) is 9.75. The number of carbonyl (C=O) groups is 2. The van der Waals surface area contributed by atoms with Gasteiger partial charge in [-0.05, 0) is 64.7 Å². The van der Waals surface area contributed by atoms with Crippen LogP contribution >= 0.6 is 0 Å². The fraction of sp³-hybridized carbons (Fsp3) is 0.967. The molecule has 0 saturated carbocycles. The first-order chi connectivity index (χ1) is 32.3. The van der Waals surface area contributed by atoms with E-state index in [1.165, 1.54) is 231 Å². The Labute approximate surface area is 451 Å². The van der Waals surface area contributed by atoms with Crippen LogP contribution in [0.5, 0.6) is 0 Å². The van der Waals surface area contributed by atoms with Gasteiger partial charge >= 0.3 is 37.7 Å². The SMILES string of the molecule is CCCCCCCCCCCCN(CCCCCCCCCCCC)C(CCCC)C(=O)[O-].CCCCCCCCCCCCN(CCCCCCCCCCCC)C(CCCC)C(=O)[O-].[Ca+2]. The molecule has 0 aliphatic heterocycles. The molecule has 2 atom stereocenters. The van der Waals surface area contributed by atoms with Crippen LogP contribution in [0.15, 0.2) is 0 Å². The van der Waals surface area contributed by atoms with E-state index in [9.17, 15) is 19.8 Å². The molecule has 0 bridgehead atoms.